The van der Waals surface area contributed by atoms with Crippen molar-refractivity contribution in [2.75, 3.05) is 18.5 Å². The normalized spacial score (nSPS) is 21.4. The number of carbonyl (C=O) groups is 4. The van der Waals surface area contributed by atoms with Crippen molar-refractivity contribution in [2.45, 2.75) is 45.1 Å². The van der Waals surface area contributed by atoms with E-state index in [2.05, 4.69) is 10.6 Å². The van der Waals surface area contributed by atoms with E-state index in [0.29, 0.717) is 17.9 Å². The second kappa shape index (κ2) is 8.00. The van der Waals surface area contributed by atoms with Gasteiger partial charge in [0.05, 0.1) is 12.2 Å². The van der Waals surface area contributed by atoms with Crippen molar-refractivity contribution in [2.24, 2.45) is 5.92 Å². The van der Waals surface area contributed by atoms with Crippen LogP contribution in [0.1, 0.15) is 49.9 Å². The van der Waals surface area contributed by atoms with Gasteiger partial charge in [-0.2, -0.15) is 0 Å². The number of nitrogens with one attached hydrogen (secondary N) is 2. The van der Waals surface area contributed by atoms with Crippen LogP contribution < -0.4 is 10.6 Å². The number of esters is 1. The third-order valence-electron chi connectivity index (χ3n) is 5.13. The van der Waals surface area contributed by atoms with Gasteiger partial charge in [-0.1, -0.05) is 13.3 Å². The van der Waals surface area contributed by atoms with Gasteiger partial charge in [-0.15, -0.1) is 0 Å². The fourth-order valence-corrected chi connectivity index (χ4v) is 3.22. The Kier molecular flexibility index (Phi) is 5.67. The largest absolute Gasteiger partial charge is 0.462 e. The second-order valence-corrected chi connectivity index (χ2v) is 7.41. The molecule has 8 nitrogen and oxygen atoms in total. The van der Waals surface area contributed by atoms with Crippen molar-refractivity contribution in [1.82, 2.24) is 10.2 Å². The summed E-state index contributed by atoms with van der Waals surface area (Å²) in [4.78, 5) is 49.8. The minimum atomic E-state index is -0.906. The molecule has 150 valence electrons. The zero-order chi connectivity index (χ0) is 20.3. The van der Waals surface area contributed by atoms with Gasteiger partial charge in [0.15, 0.2) is 0 Å². The van der Waals surface area contributed by atoms with Crippen LogP contribution in [0.2, 0.25) is 0 Å². The molecule has 1 atom stereocenters. The number of benzene rings is 1. The van der Waals surface area contributed by atoms with Gasteiger partial charge >= 0.3 is 12.0 Å². The molecule has 2 aliphatic rings. The van der Waals surface area contributed by atoms with Gasteiger partial charge in [-0.25, -0.2) is 9.59 Å². The molecule has 2 N–H and O–H groups in total. The minimum absolute atomic E-state index is 0.140. The second-order valence-electron chi connectivity index (χ2n) is 7.41. The highest BCUT2D eigenvalue weighted by molar-refractivity contribution is 6.10. The predicted octanol–water partition coefficient (Wildman–Crippen LogP) is 2.30. The van der Waals surface area contributed by atoms with E-state index < -0.39 is 23.4 Å². The molecule has 2 fully saturated rings. The molecule has 1 aromatic rings. The summed E-state index contributed by atoms with van der Waals surface area (Å²) in [7, 11) is 0. The zero-order valence-electron chi connectivity index (χ0n) is 16.1. The fraction of sp³-hybridized carbons (Fsp3) is 0.500. The van der Waals surface area contributed by atoms with Crippen molar-refractivity contribution >= 4 is 29.5 Å². The van der Waals surface area contributed by atoms with E-state index in [4.69, 9.17) is 4.74 Å². The first-order valence-corrected chi connectivity index (χ1v) is 9.56. The summed E-state index contributed by atoms with van der Waals surface area (Å²) >= 11 is 0. The third kappa shape index (κ3) is 4.16. The highest BCUT2D eigenvalue weighted by Crippen LogP contribution is 2.42. The molecule has 0 radical (unpaired) electrons. The lowest BCUT2D eigenvalue weighted by Gasteiger charge is -2.20. The van der Waals surface area contributed by atoms with Gasteiger partial charge < -0.3 is 15.4 Å². The molecule has 1 heterocycles. The van der Waals surface area contributed by atoms with Crippen LogP contribution in [-0.2, 0) is 14.3 Å². The summed E-state index contributed by atoms with van der Waals surface area (Å²) < 4.78 is 5.13. The molecular formula is C20H25N3O5. The van der Waals surface area contributed by atoms with E-state index in [0.717, 1.165) is 30.6 Å². The van der Waals surface area contributed by atoms with Crippen LogP contribution >= 0.6 is 0 Å². The monoisotopic (exact) mass is 387 g/mol. The van der Waals surface area contributed by atoms with Crippen LogP contribution in [0, 0.1) is 5.92 Å². The third-order valence-corrected chi connectivity index (χ3v) is 5.13. The molecule has 1 aliphatic heterocycles. The molecule has 1 aliphatic carbocycles. The fourth-order valence-electron chi connectivity index (χ4n) is 3.22. The van der Waals surface area contributed by atoms with Crippen molar-refractivity contribution in [1.29, 1.82) is 0 Å². The van der Waals surface area contributed by atoms with Crippen molar-refractivity contribution in [3.8, 4) is 0 Å². The average Bonchev–Trinajstić information content (AvgIpc) is 3.49. The predicted molar refractivity (Wildman–Crippen MR) is 102 cm³/mol. The van der Waals surface area contributed by atoms with Crippen molar-refractivity contribution in [3.05, 3.63) is 29.8 Å². The highest BCUT2D eigenvalue weighted by Gasteiger charge is 2.56. The number of rotatable bonds is 8. The van der Waals surface area contributed by atoms with E-state index in [1.54, 1.807) is 31.2 Å². The van der Waals surface area contributed by atoms with Gasteiger partial charge in [0, 0.05) is 5.69 Å². The molecule has 1 saturated heterocycles. The quantitative estimate of drug-likeness (QED) is 0.405. The van der Waals surface area contributed by atoms with E-state index >= 15 is 0 Å². The molecular weight excluding hydrogens is 362 g/mol. The van der Waals surface area contributed by atoms with Crippen molar-refractivity contribution < 1.29 is 23.9 Å². The van der Waals surface area contributed by atoms with E-state index in [1.165, 1.54) is 0 Å². The van der Waals surface area contributed by atoms with Crippen LogP contribution in [0.4, 0.5) is 10.5 Å². The molecule has 1 unspecified atom stereocenters. The van der Waals surface area contributed by atoms with Crippen LogP contribution in [-0.4, -0.2) is 47.4 Å². The van der Waals surface area contributed by atoms with Gasteiger partial charge in [-0.3, -0.25) is 14.5 Å². The molecule has 8 heteroatoms. The number of hydrogen-bond donors (Lipinski definition) is 2. The van der Waals surface area contributed by atoms with E-state index in [1.807, 2.05) is 6.92 Å². The Labute approximate surface area is 163 Å². The molecule has 28 heavy (non-hydrogen) atoms. The Hall–Kier alpha value is -2.90. The van der Waals surface area contributed by atoms with Crippen LogP contribution in [0.3, 0.4) is 0 Å². The number of unbranched alkanes of at least 4 members (excludes halogenated alkanes) is 1. The molecule has 4 amide bonds. The summed E-state index contributed by atoms with van der Waals surface area (Å²) in [6.07, 6.45) is 3.55. The topological polar surface area (TPSA) is 105 Å². The number of nitrogens with zero attached hydrogens (tertiary/aromatic N) is 1. The van der Waals surface area contributed by atoms with Gasteiger partial charge in [0.2, 0.25) is 5.91 Å². The zero-order valence-corrected chi connectivity index (χ0v) is 16.1. The average molecular weight is 387 g/mol. The smallest absolute Gasteiger partial charge is 0.338 e. The maximum atomic E-state index is 12.5. The molecule has 1 aromatic carbocycles. The number of anilines is 1. The van der Waals surface area contributed by atoms with Crippen LogP contribution in [0.25, 0.3) is 0 Å². The Morgan fingerprint density at radius 1 is 1.25 bits per heavy atom. The lowest BCUT2D eigenvalue weighted by Crippen LogP contribution is -2.46. The summed E-state index contributed by atoms with van der Waals surface area (Å²) in [5.41, 5.74) is -0.0486. The number of ether oxygens (including phenoxy) is 1. The first kappa shape index (κ1) is 19.9. The van der Waals surface area contributed by atoms with E-state index in [9.17, 15) is 19.2 Å². The maximum Gasteiger partial charge on any atom is 0.338 e. The van der Waals surface area contributed by atoms with Crippen LogP contribution in [0.15, 0.2) is 24.3 Å². The first-order valence-electron chi connectivity index (χ1n) is 9.56. The van der Waals surface area contributed by atoms with Crippen molar-refractivity contribution in [3.63, 3.8) is 0 Å². The number of imide groups is 1. The Morgan fingerprint density at radius 3 is 2.54 bits per heavy atom. The first-order chi connectivity index (χ1) is 13.3. The van der Waals surface area contributed by atoms with Crippen LogP contribution in [0.5, 0.6) is 0 Å². The summed E-state index contributed by atoms with van der Waals surface area (Å²) in [6, 6.07) is 5.73. The Bertz CT molecular complexity index is 788. The number of amides is 4. The molecule has 0 aromatic heterocycles. The summed E-state index contributed by atoms with van der Waals surface area (Å²) in [6.45, 7) is 3.74. The van der Waals surface area contributed by atoms with Gasteiger partial charge in [0.1, 0.15) is 12.1 Å². The summed E-state index contributed by atoms with van der Waals surface area (Å²) in [5.74, 6) is -1.12. The number of urea groups is 1. The number of carbonyl (C=O) groups excluding carboxylic acids is 4. The standard InChI is InChI=1S/C20H25N3O5/c1-3-4-11-28-17(25)13-5-9-15(10-6-13)21-16(24)12-23-18(26)20(2,14-7-8-14)22-19(23)27/h5-6,9-10,14H,3-4,7-8,11-12H2,1-2H3,(H,21,24)(H,22,27). The Morgan fingerprint density at radius 2 is 1.93 bits per heavy atom. The SMILES string of the molecule is CCCCOC(=O)c1ccc(NC(=O)CN2C(=O)NC(C)(C3CC3)C2=O)cc1. The molecule has 3 rings (SSSR count). The molecule has 0 spiro atoms. The highest BCUT2D eigenvalue weighted by atomic mass is 16.5. The Balaban J connectivity index is 1.54. The minimum Gasteiger partial charge on any atom is -0.462 e. The summed E-state index contributed by atoms with van der Waals surface area (Å²) in [5, 5.41) is 5.34. The lowest BCUT2D eigenvalue weighted by atomic mass is 9.96. The van der Waals surface area contributed by atoms with Gasteiger partial charge in [0.25, 0.3) is 5.91 Å². The maximum absolute atomic E-state index is 12.5. The lowest BCUT2D eigenvalue weighted by molar-refractivity contribution is -0.134. The molecule has 0 bridgehead atoms. The van der Waals surface area contributed by atoms with Gasteiger partial charge in [-0.05, 0) is 56.4 Å². The molecule has 1 saturated carbocycles. The van der Waals surface area contributed by atoms with E-state index in [-0.39, 0.29) is 18.4 Å². The number of hydrogen-bond acceptors (Lipinski definition) is 5.